The van der Waals surface area contributed by atoms with Gasteiger partial charge in [-0.2, -0.15) is 0 Å². The quantitative estimate of drug-likeness (QED) is 0.105. The number of hydrogen-bond acceptors (Lipinski definition) is 7. The maximum atomic E-state index is 12.3. The summed E-state index contributed by atoms with van der Waals surface area (Å²) in [5.41, 5.74) is 0. The Hall–Kier alpha value is -1.76. The van der Waals surface area contributed by atoms with Gasteiger partial charge in [0.1, 0.15) is 24.8 Å². The summed E-state index contributed by atoms with van der Waals surface area (Å²) in [5, 5.41) is 0. The van der Waals surface area contributed by atoms with E-state index in [4.69, 9.17) is 14.2 Å². The molecule has 4 atom stereocenters. The van der Waals surface area contributed by atoms with E-state index in [0.29, 0.717) is 0 Å². The Morgan fingerprint density at radius 3 is 1.05 bits per heavy atom. The normalized spacial score (nSPS) is 14.4. The van der Waals surface area contributed by atoms with Crippen molar-refractivity contribution in [3.05, 3.63) is 0 Å². The summed E-state index contributed by atoms with van der Waals surface area (Å²) in [4.78, 5) is 47.7. The second-order valence-corrected chi connectivity index (χ2v) is 10.2. The maximum Gasteiger partial charge on any atom is 0.308 e. The number of esters is 2. The Balaban J connectivity index is 3.97. The number of Topliss-reactive ketones (excluding diaryl/α,β-unsaturated/α-hetero) is 2. The molecular weight excluding hydrogens is 472 g/mol. The largest absolute Gasteiger partial charge is 0.463 e. The minimum Gasteiger partial charge on any atom is -0.463 e. The first-order valence-electron chi connectivity index (χ1n) is 14.6. The molecule has 0 aromatic carbocycles. The molecule has 0 radical (unpaired) electrons. The lowest BCUT2D eigenvalue weighted by atomic mass is 9.92. The van der Waals surface area contributed by atoms with Crippen molar-refractivity contribution in [3.8, 4) is 0 Å². The summed E-state index contributed by atoms with van der Waals surface area (Å²) in [6.45, 7) is 12.2. The molecule has 0 saturated heterocycles. The predicted molar refractivity (Wildman–Crippen MR) is 146 cm³/mol. The van der Waals surface area contributed by atoms with Crippen LogP contribution in [0.15, 0.2) is 0 Å². The van der Waals surface area contributed by atoms with Crippen molar-refractivity contribution in [2.75, 3.05) is 26.4 Å². The van der Waals surface area contributed by atoms with Gasteiger partial charge in [0.15, 0.2) is 0 Å². The van der Waals surface area contributed by atoms with E-state index in [0.717, 1.165) is 77.0 Å². The zero-order chi connectivity index (χ0) is 28.1. The van der Waals surface area contributed by atoms with E-state index >= 15 is 0 Å². The first-order valence-corrected chi connectivity index (χ1v) is 14.6. The number of carbonyl (C=O) groups is 4. The molecule has 0 aromatic rings. The lowest BCUT2D eigenvalue weighted by Gasteiger charge is -2.16. The van der Waals surface area contributed by atoms with Gasteiger partial charge in [-0.15, -0.1) is 0 Å². The molecule has 0 fully saturated rings. The lowest BCUT2D eigenvalue weighted by Crippen LogP contribution is -2.21. The second kappa shape index (κ2) is 22.2. The smallest absolute Gasteiger partial charge is 0.308 e. The third kappa shape index (κ3) is 16.6. The van der Waals surface area contributed by atoms with Crippen LogP contribution in [0.25, 0.3) is 0 Å². The molecule has 0 saturated carbocycles. The highest BCUT2D eigenvalue weighted by Crippen LogP contribution is 2.20. The molecule has 4 unspecified atom stereocenters. The van der Waals surface area contributed by atoms with Gasteiger partial charge in [-0.05, 0) is 65.2 Å². The van der Waals surface area contributed by atoms with Crippen LogP contribution in [0.5, 0.6) is 0 Å². The summed E-state index contributed by atoms with van der Waals surface area (Å²) in [6.07, 6.45) is 10.2. The van der Waals surface area contributed by atoms with Gasteiger partial charge in [0, 0.05) is 11.8 Å². The number of ether oxygens (including phenoxy) is 3. The maximum absolute atomic E-state index is 12.3. The van der Waals surface area contributed by atoms with Crippen LogP contribution < -0.4 is 0 Å². The lowest BCUT2D eigenvalue weighted by molar-refractivity contribution is -0.152. The minimum absolute atomic E-state index is 0.125. The Kier molecular flexibility index (Phi) is 21.2. The van der Waals surface area contributed by atoms with Crippen LogP contribution in [0.3, 0.4) is 0 Å². The number of carbonyl (C=O) groups excluding carboxylic acids is 4. The van der Waals surface area contributed by atoms with Crippen LogP contribution in [0, 0.1) is 23.7 Å². The van der Waals surface area contributed by atoms with Crippen molar-refractivity contribution in [3.63, 3.8) is 0 Å². The summed E-state index contributed by atoms with van der Waals surface area (Å²) in [6, 6.07) is 0. The number of ketones is 2. The topological polar surface area (TPSA) is 96.0 Å². The van der Waals surface area contributed by atoms with E-state index in [9.17, 15) is 19.2 Å². The fourth-order valence-corrected chi connectivity index (χ4v) is 4.67. The molecule has 0 aliphatic carbocycles. The van der Waals surface area contributed by atoms with Gasteiger partial charge in [0.2, 0.25) is 0 Å². The zero-order valence-corrected chi connectivity index (χ0v) is 24.5. The van der Waals surface area contributed by atoms with Gasteiger partial charge in [-0.1, -0.05) is 53.4 Å². The van der Waals surface area contributed by atoms with Gasteiger partial charge < -0.3 is 14.2 Å². The van der Waals surface area contributed by atoms with E-state index < -0.39 is 0 Å². The van der Waals surface area contributed by atoms with Gasteiger partial charge in [-0.3, -0.25) is 19.2 Å². The number of rotatable bonds is 24. The van der Waals surface area contributed by atoms with Crippen LogP contribution in [0.2, 0.25) is 0 Å². The van der Waals surface area contributed by atoms with Crippen molar-refractivity contribution in [2.24, 2.45) is 23.7 Å². The SMILES string of the molecule is CCC(CCCCC(CC)C(=O)OCCOCCOC(=O)C(CC)CCCCC(CC)C(C)=O)C(C)=O. The predicted octanol–water partition coefficient (Wildman–Crippen LogP) is 6.49. The van der Waals surface area contributed by atoms with Crippen LogP contribution in [0.1, 0.15) is 119 Å². The fourth-order valence-electron chi connectivity index (χ4n) is 4.67. The van der Waals surface area contributed by atoms with Crippen molar-refractivity contribution < 1.29 is 33.4 Å². The van der Waals surface area contributed by atoms with Crippen LogP contribution in [0.4, 0.5) is 0 Å². The van der Waals surface area contributed by atoms with Crippen LogP contribution in [-0.2, 0) is 33.4 Å². The Labute approximate surface area is 225 Å². The van der Waals surface area contributed by atoms with Gasteiger partial charge >= 0.3 is 11.9 Å². The molecule has 0 spiro atoms. The second-order valence-electron chi connectivity index (χ2n) is 10.2. The molecule has 0 N–H and O–H groups in total. The van der Waals surface area contributed by atoms with E-state index in [2.05, 4.69) is 0 Å². The highest BCUT2D eigenvalue weighted by Gasteiger charge is 2.20. The molecular formula is C30H54O7. The van der Waals surface area contributed by atoms with Gasteiger partial charge in [-0.25, -0.2) is 0 Å². The zero-order valence-electron chi connectivity index (χ0n) is 24.5. The monoisotopic (exact) mass is 526 g/mol. The van der Waals surface area contributed by atoms with Crippen LogP contribution in [-0.4, -0.2) is 49.9 Å². The van der Waals surface area contributed by atoms with E-state index in [1.807, 2.05) is 27.7 Å². The highest BCUT2D eigenvalue weighted by atomic mass is 16.6. The summed E-state index contributed by atoms with van der Waals surface area (Å²) < 4.78 is 16.2. The Morgan fingerprint density at radius 1 is 0.486 bits per heavy atom. The van der Waals surface area contributed by atoms with E-state index in [-0.39, 0.29) is 73.6 Å². The van der Waals surface area contributed by atoms with Crippen molar-refractivity contribution in [1.82, 2.24) is 0 Å². The fraction of sp³-hybridized carbons (Fsp3) is 0.867. The van der Waals surface area contributed by atoms with Gasteiger partial charge in [0.05, 0.1) is 25.0 Å². The average molecular weight is 527 g/mol. The van der Waals surface area contributed by atoms with Crippen molar-refractivity contribution in [2.45, 2.75) is 119 Å². The summed E-state index contributed by atoms with van der Waals surface area (Å²) in [7, 11) is 0. The van der Waals surface area contributed by atoms with E-state index in [1.165, 1.54) is 0 Å². The van der Waals surface area contributed by atoms with Crippen LogP contribution >= 0.6 is 0 Å². The molecule has 0 aliphatic rings. The minimum atomic E-state index is -0.199. The molecule has 0 aliphatic heterocycles. The Bertz CT molecular complexity index is 592. The molecule has 0 bridgehead atoms. The average Bonchev–Trinajstić information content (AvgIpc) is 2.87. The van der Waals surface area contributed by atoms with Crippen molar-refractivity contribution in [1.29, 1.82) is 0 Å². The molecule has 7 heteroatoms. The molecule has 37 heavy (non-hydrogen) atoms. The molecule has 0 aromatic heterocycles. The molecule has 0 rings (SSSR count). The first-order chi connectivity index (χ1) is 17.7. The standard InChI is InChI=1S/C30H54O7/c1-7-25(23(5)31)15-11-13-17-27(9-3)29(33)36-21-19-35-20-22-37-30(34)28(10-4)18-14-12-16-26(8-2)24(6)32/h25-28H,7-22H2,1-6H3. The Morgan fingerprint density at radius 2 is 0.784 bits per heavy atom. The molecule has 7 nitrogen and oxygen atoms in total. The van der Waals surface area contributed by atoms with Crippen molar-refractivity contribution >= 4 is 23.5 Å². The third-order valence-electron chi connectivity index (χ3n) is 7.44. The van der Waals surface area contributed by atoms with Gasteiger partial charge in [0.25, 0.3) is 0 Å². The first kappa shape index (κ1) is 35.2. The summed E-state index contributed by atoms with van der Waals surface area (Å²) in [5.74, 6) is 0.111. The third-order valence-corrected chi connectivity index (χ3v) is 7.44. The molecule has 0 heterocycles. The number of unbranched alkanes of at least 4 members (excludes halogenated alkanes) is 2. The van der Waals surface area contributed by atoms with E-state index in [1.54, 1.807) is 13.8 Å². The number of hydrogen-bond donors (Lipinski definition) is 0. The summed E-state index contributed by atoms with van der Waals surface area (Å²) >= 11 is 0. The molecule has 216 valence electrons. The highest BCUT2D eigenvalue weighted by molar-refractivity contribution is 5.78. The molecule has 0 amide bonds.